The number of hydrogen-bond acceptors (Lipinski definition) is 5. The van der Waals surface area contributed by atoms with Crippen molar-refractivity contribution in [1.82, 2.24) is 5.32 Å². The minimum absolute atomic E-state index is 0.351. The summed E-state index contributed by atoms with van der Waals surface area (Å²) in [6.07, 6.45) is 6.84. The Balaban J connectivity index is 2.43. The van der Waals surface area contributed by atoms with Crippen LogP contribution >= 0.6 is 0 Å². The Morgan fingerprint density at radius 1 is 1.21 bits per heavy atom. The molecule has 0 fully saturated rings. The van der Waals surface area contributed by atoms with Gasteiger partial charge in [0.25, 0.3) is 11.8 Å². The second-order valence-corrected chi connectivity index (χ2v) is 6.79. The van der Waals surface area contributed by atoms with E-state index in [4.69, 9.17) is 10.5 Å². The molecule has 2 amide bonds. The largest absolute Gasteiger partial charge is 0.478 e. The van der Waals surface area contributed by atoms with Gasteiger partial charge in [-0.2, -0.15) is 0 Å². The summed E-state index contributed by atoms with van der Waals surface area (Å²) < 4.78 is 5.75. The summed E-state index contributed by atoms with van der Waals surface area (Å²) in [5.41, 5.74) is 6.70. The number of nitrogens with zero attached hydrogens (tertiary/aromatic N) is 1. The van der Waals surface area contributed by atoms with Gasteiger partial charge in [0.2, 0.25) is 11.7 Å². The van der Waals surface area contributed by atoms with Gasteiger partial charge in [-0.25, -0.2) is 4.99 Å². The standard InChI is InChI=1S/C22H27N3O4/c1-3-10-19-24-15(2)16-11-7-8-12-17(16)22(28)25-18(20(26)21(23)27)13-6-4-5-9-14-29-19/h3,7-8,10-12,18H,1,4-6,9,13-14H2,2H3,(H2,23,27)(H,25,28)/b19-10+,24-15+/t18-/m0/s1. The first kappa shape index (κ1) is 22.1. The maximum absolute atomic E-state index is 12.9. The van der Waals surface area contributed by atoms with Crippen LogP contribution in [-0.2, 0) is 14.3 Å². The van der Waals surface area contributed by atoms with Gasteiger partial charge in [-0.15, -0.1) is 0 Å². The van der Waals surface area contributed by atoms with Gasteiger partial charge < -0.3 is 15.8 Å². The molecule has 7 nitrogen and oxygen atoms in total. The number of amides is 2. The summed E-state index contributed by atoms with van der Waals surface area (Å²) in [6.45, 7) is 5.96. The van der Waals surface area contributed by atoms with Gasteiger partial charge in [-0.1, -0.05) is 50.1 Å². The average Bonchev–Trinajstić information content (AvgIpc) is 2.71. The van der Waals surface area contributed by atoms with E-state index in [1.807, 2.05) is 0 Å². The van der Waals surface area contributed by atoms with Crippen molar-refractivity contribution < 1.29 is 19.1 Å². The molecular formula is C22H27N3O4. The van der Waals surface area contributed by atoms with Crippen LogP contribution < -0.4 is 11.1 Å². The van der Waals surface area contributed by atoms with Gasteiger partial charge in [0, 0.05) is 16.8 Å². The van der Waals surface area contributed by atoms with Crippen molar-refractivity contribution >= 4 is 23.3 Å². The normalized spacial score (nSPS) is 22.0. The predicted molar refractivity (Wildman–Crippen MR) is 111 cm³/mol. The monoisotopic (exact) mass is 397 g/mol. The van der Waals surface area contributed by atoms with Gasteiger partial charge in [0.1, 0.15) is 0 Å². The van der Waals surface area contributed by atoms with Crippen LogP contribution in [0.4, 0.5) is 0 Å². The fourth-order valence-corrected chi connectivity index (χ4v) is 3.10. The number of carbonyl (C=O) groups is 3. The third-order valence-corrected chi connectivity index (χ3v) is 4.60. The van der Waals surface area contributed by atoms with Crippen LogP contribution in [0.25, 0.3) is 0 Å². The van der Waals surface area contributed by atoms with Crippen LogP contribution in [0.3, 0.4) is 0 Å². The number of hydrogen-bond donors (Lipinski definition) is 2. The number of rotatable bonds is 3. The van der Waals surface area contributed by atoms with E-state index < -0.39 is 23.6 Å². The molecule has 1 aliphatic heterocycles. The molecule has 1 aliphatic rings. The molecule has 1 atom stereocenters. The molecule has 0 aromatic heterocycles. The Hall–Kier alpha value is -3.22. The van der Waals surface area contributed by atoms with Crippen LogP contribution in [0, 0.1) is 0 Å². The summed E-state index contributed by atoms with van der Waals surface area (Å²) >= 11 is 0. The number of primary amides is 1. The van der Waals surface area contributed by atoms with Crippen molar-refractivity contribution in [2.24, 2.45) is 10.7 Å². The number of nitrogens with one attached hydrogen (secondary N) is 1. The lowest BCUT2D eigenvalue weighted by atomic mass is 10.00. The highest BCUT2D eigenvalue weighted by atomic mass is 16.5. The predicted octanol–water partition coefficient (Wildman–Crippen LogP) is 2.66. The maximum Gasteiger partial charge on any atom is 0.287 e. The second kappa shape index (κ2) is 10.9. The number of carbonyl (C=O) groups excluding carboxylic acids is 3. The minimum Gasteiger partial charge on any atom is -0.478 e. The fourth-order valence-electron chi connectivity index (χ4n) is 3.10. The van der Waals surface area contributed by atoms with Gasteiger partial charge in [-0.05, 0) is 31.9 Å². The third-order valence-electron chi connectivity index (χ3n) is 4.60. The third kappa shape index (κ3) is 6.41. The zero-order chi connectivity index (χ0) is 21.2. The van der Waals surface area contributed by atoms with E-state index in [0.29, 0.717) is 42.2 Å². The first-order chi connectivity index (χ1) is 13.9. The molecule has 0 spiro atoms. The summed E-state index contributed by atoms with van der Waals surface area (Å²) in [6, 6.07) is 5.99. The summed E-state index contributed by atoms with van der Waals surface area (Å²) in [5.74, 6) is -1.87. The quantitative estimate of drug-likeness (QED) is 0.764. The zero-order valence-corrected chi connectivity index (χ0v) is 16.6. The number of allylic oxidation sites excluding steroid dienone is 2. The number of aliphatic imine (C=N–C) groups is 1. The van der Waals surface area contributed by atoms with Crippen molar-refractivity contribution in [2.45, 2.75) is 45.1 Å². The molecule has 0 saturated heterocycles. The van der Waals surface area contributed by atoms with Gasteiger partial charge >= 0.3 is 0 Å². The molecule has 29 heavy (non-hydrogen) atoms. The highest BCUT2D eigenvalue weighted by molar-refractivity contribution is 6.38. The van der Waals surface area contributed by atoms with E-state index in [9.17, 15) is 14.4 Å². The summed E-state index contributed by atoms with van der Waals surface area (Å²) in [4.78, 5) is 41.0. The van der Waals surface area contributed by atoms with E-state index >= 15 is 0 Å². The van der Waals surface area contributed by atoms with E-state index in [0.717, 1.165) is 19.3 Å². The van der Waals surface area contributed by atoms with Gasteiger partial charge in [0.05, 0.1) is 12.6 Å². The SMILES string of the molecule is C=C/C=C1\N=C(/C)c2ccccc2C(=O)N[C@H](C(=O)C(N)=O)CCCCCCO1. The van der Waals surface area contributed by atoms with Crippen LogP contribution in [0.2, 0.25) is 0 Å². The van der Waals surface area contributed by atoms with E-state index in [-0.39, 0.29) is 0 Å². The molecular weight excluding hydrogens is 370 g/mol. The molecule has 7 heteroatoms. The molecule has 0 radical (unpaired) electrons. The Morgan fingerprint density at radius 2 is 1.90 bits per heavy atom. The number of ketones is 1. The fraction of sp³-hybridized carbons (Fsp3) is 0.364. The summed E-state index contributed by atoms with van der Waals surface area (Å²) in [5, 5.41) is 2.67. The van der Waals surface area contributed by atoms with Crippen molar-refractivity contribution in [3.05, 3.63) is 60.0 Å². The number of ether oxygens (including phenoxy) is 1. The molecule has 3 N–H and O–H groups in total. The van der Waals surface area contributed by atoms with Gasteiger partial charge in [-0.3, -0.25) is 14.4 Å². The minimum atomic E-state index is -1.05. The van der Waals surface area contributed by atoms with Crippen molar-refractivity contribution in [2.75, 3.05) is 6.61 Å². The van der Waals surface area contributed by atoms with E-state index in [1.54, 1.807) is 43.3 Å². The Morgan fingerprint density at radius 3 is 2.59 bits per heavy atom. The molecule has 0 unspecified atom stereocenters. The van der Waals surface area contributed by atoms with Crippen LogP contribution in [0.5, 0.6) is 0 Å². The molecule has 0 bridgehead atoms. The maximum atomic E-state index is 12.9. The Bertz CT molecular complexity index is 842. The average molecular weight is 397 g/mol. The highest BCUT2D eigenvalue weighted by Gasteiger charge is 2.26. The van der Waals surface area contributed by atoms with Crippen LogP contribution in [0.15, 0.2) is 53.9 Å². The molecule has 0 saturated carbocycles. The molecule has 0 aliphatic carbocycles. The van der Waals surface area contributed by atoms with E-state index in [1.165, 1.54) is 0 Å². The van der Waals surface area contributed by atoms with Crippen molar-refractivity contribution in [1.29, 1.82) is 0 Å². The molecule has 1 heterocycles. The number of nitrogens with two attached hydrogens (primary N) is 1. The number of fused-ring (bicyclic) bond motifs is 1. The van der Waals surface area contributed by atoms with Crippen LogP contribution in [-0.4, -0.2) is 36.0 Å². The summed E-state index contributed by atoms with van der Waals surface area (Å²) in [7, 11) is 0. The zero-order valence-electron chi connectivity index (χ0n) is 16.6. The molecule has 2 rings (SSSR count). The number of benzene rings is 1. The highest BCUT2D eigenvalue weighted by Crippen LogP contribution is 2.15. The lowest BCUT2D eigenvalue weighted by molar-refractivity contribution is -0.137. The first-order valence-corrected chi connectivity index (χ1v) is 9.68. The molecule has 154 valence electrons. The van der Waals surface area contributed by atoms with Crippen molar-refractivity contribution in [3.8, 4) is 0 Å². The lowest BCUT2D eigenvalue weighted by Gasteiger charge is -2.17. The smallest absolute Gasteiger partial charge is 0.287 e. The van der Waals surface area contributed by atoms with Crippen molar-refractivity contribution in [3.63, 3.8) is 0 Å². The van der Waals surface area contributed by atoms with Gasteiger partial charge in [0.15, 0.2) is 0 Å². The van der Waals surface area contributed by atoms with E-state index in [2.05, 4.69) is 16.9 Å². The topological polar surface area (TPSA) is 111 Å². The lowest BCUT2D eigenvalue weighted by Crippen LogP contribution is -2.46. The first-order valence-electron chi connectivity index (χ1n) is 9.68. The Kier molecular flexibility index (Phi) is 8.33. The molecule has 1 aromatic rings. The Labute approximate surface area is 170 Å². The van der Waals surface area contributed by atoms with Crippen LogP contribution in [0.1, 0.15) is 54.9 Å². The number of Topliss-reactive ketones (excluding diaryl/α,β-unsaturated/α-hetero) is 1. The molecule has 1 aromatic carbocycles. The second-order valence-electron chi connectivity index (χ2n) is 6.79.